The van der Waals surface area contributed by atoms with E-state index in [4.69, 9.17) is 0 Å². The average Bonchev–Trinajstić information content (AvgIpc) is 3.04. The number of nitrogens with zero attached hydrogens (tertiary/aromatic N) is 5. The molecule has 19 heavy (non-hydrogen) atoms. The molecule has 0 unspecified atom stereocenters. The minimum absolute atomic E-state index is 0.0113. The molecule has 0 N–H and O–H groups in total. The van der Waals surface area contributed by atoms with E-state index in [1.807, 2.05) is 11.8 Å². The van der Waals surface area contributed by atoms with Crippen molar-refractivity contribution in [1.29, 1.82) is 0 Å². The lowest BCUT2D eigenvalue weighted by Crippen LogP contribution is -2.38. The van der Waals surface area contributed by atoms with Crippen LogP contribution in [0.25, 0.3) is 0 Å². The van der Waals surface area contributed by atoms with Crippen molar-refractivity contribution in [3.05, 3.63) is 27.2 Å². The monoisotopic (exact) mass is 341 g/mol. The van der Waals surface area contributed by atoms with Crippen LogP contribution in [-0.2, 0) is 19.5 Å². The van der Waals surface area contributed by atoms with Crippen molar-refractivity contribution in [2.45, 2.75) is 26.4 Å². The average molecular weight is 342 g/mol. The molecule has 8 heteroatoms. The second-order valence-corrected chi connectivity index (χ2v) is 5.84. The molecule has 1 amide bonds. The molecule has 0 radical (unpaired) electrons. The van der Waals surface area contributed by atoms with Gasteiger partial charge in [0.05, 0.1) is 18.4 Å². The molecular weight excluding hydrogens is 330 g/mol. The molecule has 1 aliphatic rings. The summed E-state index contributed by atoms with van der Waals surface area (Å²) in [5.41, 5.74) is 0.782. The molecule has 1 aliphatic heterocycles. The molecule has 6 nitrogen and oxygen atoms in total. The molecule has 2 aromatic heterocycles. The van der Waals surface area contributed by atoms with E-state index in [2.05, 4.69) is 35.1 Å². The van der Waals surface area contributed by atoms with E-state index in [9.17, 15) is 4.79 Å². The minimum atomic E-state index is 0.0113. The predicted molar refractivity (Wildman–Crippen MR) is 74.0 cm³/mol. The standard InChI is InChI=1S/C11H12BrN5OS/c1-2-7-10(19-15-14-7)11(18)16-3-4-17-8(12)5-13-9(17)6-16/h5H,2-4,6H2,1H3. The summed E-state index contributed by atoms with van der Waals surface area (Å²) in [4.78, 5) is 19.2. The van der Waals surface area contributed by atoms with Gasteiger partial charge in [0.25, 0.3) is 5.91 Å². The number of carbonyl (C=O) groups is 1. The maximum Gasteiger partial charge on any atom is 0.267 e. The maximum atomic E-state index is 12.5. The van der Waals surface area contributed by atoms with Crippen LogP contribution in [0.4, 0.5) is 0 Å². The number of fused-ring (bicyclic) bond motifs is 1. The van der Waals surface area contributed by atoms with E-state index < -0.39 is 0 Å². The van der Waals surface area contributed by atoms with Crippen LogP contribution in [0.1, 0.15) is 28.1 Å². The highest BCUT2D eigenvalue weighted by atomic mass is 79.9. The molecule has 0 bridgehead atoms. The summed E-state index contributed by atoms with van der Waals surface area (Å²) in [6.07, 6.45) is 2.50. The smallest absolute Gasteiger partial charge is 0.267 e. The largest absolute Gasteiger partial charge is 0.329 e. The molecule has 0 spiro atoms. The van der Waals surface area contributed by atoms with Gasteiger partial charge in [-0.15, -0.1) is 5.10 Å². The molecule has 0 aliphatic carbocycles. The van der Waals surface area contributed by atoms with Crippen molar-refractivity contribution >= 4 is 33.4 Å². The molecule has 3 heterocycles. The van der Waals surface area contributed by atoms with Gasteiger partial charge in [-0.25, -0.2) is 4.98 Å². The number of aryl methyl sites for hydroxylation is 1. The lowest BCUT2D eigenvalue weighted by Gasteiger charge is -2.27. The van der Waals surface area contributed by atoms with Crippen LogP contribution in [0.15, 0.2) is 10.8 Å². The Labute approximate surface area is 122 Å². The van der Waals surface area contributed by atoms with Gasteiger partial charge in [-0.2, -0.15) is 0 Å². The van der Waals surface area contributed by atoms with Crippen molar-refractivity contribution in [3.8, 4) is 0 Å². The molecule has 0 saturated heterocycles. The van der Waals surface area contributed by atoms with Crippen LogP contribution in [0.3, 0.4) is 0 Å². The van der Waals surface area contributed by atoms with E-state index in [-0.39, 0.29) is 5.91 Å². The first-order chi connectivity index (χ1) is 9.20. The Kier molecular flexibility index (Phi) is 3.36. The highest BCUT2D eigenvalue weighted by molar-refractivity contribution is 9.10. The number of carbonyl (C=O) groups excluding carboxylic acids is 1. The van der Waals surface area contributed by atoms with Crippen molar-refractivity contribution in [3.63, 3.8) is 0 Å². The number of rotatable bonds is 2. The Bertz CT molecular complexity index is 622. The number of aromatic nitrogens is 4. The fourth-order valence-corrected chi connectivity index (χ4v) is 3.35. The first kappa shape index (κ1) is 12.7. The summed E-state index contributed by atoms with van der Waals surface area (Å²) in [6, 6.07) is 0. The van der Waals surface area contributed by atoms with Crippen LogP contribution in [0.2, 0.25) is 0 Å². The maximum absolute atomic E-state index is 12.5. The number of imidazole rings is 1. The van der Waals surface area contributed by atoms with E-state index >= 15 is 0 Å². The van der Waals surface area contributed by atoms with Gasteiger partial charge in [0.2, 0.25) is 0 Å². The van der Waals surface area contributed by atoms with E-state index in [0.29, 0.717) is 18.0 Å². The van der Waals surface area contributed by atoms with Crippen LogP contribution in [-0.4, -0.2) is 36.5 Å². The van der Waals surface area contributed by atoms with E-state index in [1.54, 1.807) is 6.20 Å². The van der Waals surface area contributed by atoms with Crippen molar-refractivity contribution in [2.24, 2.45) is 0 Å². The zero-order valence-electron chi connectivity index (χ0n) is 10.3. The quantitative estimate of drug-likeness (QED) is 0.834. The van der Waals surface area contributed by atoms with Crippen LogP contribution >= 0.6 is 27.5 Å². The molecule has 0 atom stereocenters. The van der Waals surface area contributed by atoms with Crippen LogP contribution in [0.5, 0.6) is 0 Å². The normalized spacial score (nSPS) is 14.5. The summed E-state index contributed by atoms with van der Waals surface area (Å²) < 4.78 is 6.91. The Balaban J connectivity index is 1.83. The lowest BCUT2D eigenvalue weighted by molar-refractivity contribution is 0.0710. The van der Waals surface area contributed by atoms with E-state index in [0.717, 1.165) is 29.1 Å². The van der Waals surface area contributed by atoms with Gasteiger partial charge >= 0.3 is 0 Å². The zero-order chi connectivity index (χ0) is 13.4. The fourth-order valence-electron chi connectivity index (χ4n) is 2.14. The summed E-state index contributed by atoms with van der Waals surface area (Å²) in [5, 5.41) is 3.99. The third kappa shape index (κ3) is 2.18. The third-order valence-electron chi connectivity index (χ3n) is 3.19. The molecule has 100 valence electrons. The molecule has 0 saturated carbocycles. The molecule has 0 fully saturated rings. The molecule has 0 aromatic carbocycles. The summed E-state index contributed by atoms with van der Waals surface area (Å²) >= 11 is 4.62. The van der Waals surface area contributed by atoms with Gasteiger partial charge in [0, 0.05) is 13.1 Å². The van der Waals surface area contributed by atoms with Gasteiger partial charge in [0.15, 0.2) is 0 Å². The second-order valence-electron chi connectivity index (χ2n) is 4.28. The van der Waals surface area contributed by atoms with Crippen molar-refractivity contribution in [1.82, 2.24) is 24.0 Å². The third-order valence-corrected chi connectivity index (χ3v) is 4.58. The van der Waals surface area contributed by atoms with Crippen LogP contribution < -0.4 is 0 Å². The van der Waals surface area contributed by atoms with Crippen molar-refractivity contribution in [2.75, 3.05) is 6.54 Å². The number of hydrogen-bond acceptors (Lipinski definition) is 5. The van der Waals surface area contributed by atoms with Gasteiger partial charge in [0.1, 0.15) is 15.3 Å². The first-order valence-corrected chi connectivity index (χ1v) is 7.57. The SMILES string of the molecule is CCc1nnsc1C(=O)N1CCn2c(Br)cnc2C1. The summed E-state index contributed by atoms with van der Waals surface area (Å²) in [5.74, 6) is 0.916. The fraction of sp³-hybridized carbons (Fsp3) is 0.455. The highest BCUT2D eigenvalue weighted by Gasteiger charge is 2.26. The van der Waals surface area contributed by atoms with E-state index in [1.165, 1.54) is 11.5 Å². The second kappa shape index (κ2) is 5.01. The van der Waals surface area contributed by atoms with Gasteiger partial charge < -0.3 is 9.47 Å². The van der Waals surface area contributed by atoms with Gasteiger partial charge in [-0.3, -0.25) is 4.79 Å². The Morgan fingerprint density at radius 1 is 1.53 bits per heavy atom. The Morgan fingerprint density at radius 2 is 2.37 bits per heavy atom. The predicted octanol–water partition coefficient (Wildman–Crippen LogP) is 1.72. The molecule has 3 rings (SSSR count). The molecular formula is C11H12BrN5OS. The first-order valence-electron chi connectivity index (χ1n) is 6.01. The van der Waals surface area contributed by atoms with Gasteiger partial charge in [-0.05, 0) is 33.9 Å². The number of hydrogen-bond donors (Lipinski definition) is 0. The topological polar surface area (TPSA) is 63.9 Å². The Morgan fingerprint density at radius 3 is 3.16 bits per heavy atom. The summed E-state index contributed by atoms with van der Waals surface area (Å²) in [7, 11) is 0. The van der Waals surface area contributed by atoms with Crippen LogP contribution in [0, 0.1) is 0 Å². The van der Waals surface area contributed by atoms with Gasteiger partial charge in [-0.1, -0.05) is 11.4 Å². The molecule has 2 aromatic rings. The lowest BCUT2D eigenvalue weighted by atomic mass is 10.2. The summed E-state index contributed by atoms with van der Waals surface area (Å²) in [6.45, 7) is 3.95. The highest BCUT2D eigenvalue weighted by Crippen LogP contribution is 2.21. The zero-order valence-corrected chi connectivity index (χ0v) is 12.7. The number of amides is 1. The van der Waals surface area contributed by atoms with Crippen molar-refractivity contribution < 1.29 is 4.79 Å². The number of halogens is 1. The minimum Gasteiger partial charge on any atom is -0.329 e. The Hall–Kier alpha value is -1.28.